The lowest BCUT2D eigenvalue weighted by Crippen LogP contribution is -2.05. The normalized spacial score (nSPS) is 9.83. The minimum absolute atomic E-state index is 0.273. The molecule has 2 nitrogen and oxygen atoms in total. The molecule has 0 bridgehead atoms. The van der Waals surface area contributed by atoms with Crippen LogP contribution in [0, 0.1) is 5.82 Å². The number of hydrogen-bond acceptors (Lipinski definition) is 2. The van der Waals surface area contributed by atoms with E-state index in [0.717, 1.165) is 0 Å². The highest BCUT2D eigenvalue weighted by atomic mass is 19.1. The van der Waals surface area contributed by atoms with Gasteiger partial charge in [-0.2, -0.15) is 0 Å². The summed E-state index contributed by atoms with van der Waals surface area (Å²) >= 11 is 0. The van der Waals surface area contributed by atoms with Crippen LogP contribution in [0.4, 0.5) is 4.39 Å². The summed E-state index contributed by atoms with van der Waals surface area (Å²) in [6, 6.07) is 6.30. The monoisotopic (exact) mass is 170 g/mol. The predicted octanol–water partition coefficient (Wildman–Crippen LogP) is 1.85. The molecule has 1 aromatic carbocycles. The molecule has 0 aliphatic rings. The summed E-state index contributed by atoms with van der Waals surface area (Å²) in [5.74, 6) is -0.0665. The molecular formula is C9H11FO2. The molecule has 0 amide bonds. The number of ether oxygens (including phenoxy) is 2. The van der Waals surface area contributed by atoms with Gasteiger partial charge in [-0.3, -0.25) is 0 Å². The van der Waals surface area contributed by atoms with E-state index in [1.165, 1.54) is 6.07 Å². The molecule has 12 heavy (non-hydrogen) atoms. The standard InChI is InChI=1S/C9H11FO2/c1-11-6-7-12-9-5-3-2-4-8(9)10/h2-5H,6-7H2,1H3. The third-order valence-corrected chi connectivity index (χ3v) is 1.38. The molecule has 0 unspecified atom stereocenters. The first-order valence-electron chi connectivity index (χ1n) is 3.71. The van der Waals surface area contributed by atoms with Gasteiger partial charge in [0.1, 0.15) is 6.61 Å². The second-order valence-electron chi connectivity index (χ2n) is 2.27. The van der Waals surface area contributed by atoms with Crippen molar-refractivity contribution in [2.45, 2.75) is 0 Å². The van der Waals surface area contributed by atoms with Gasteiger partial charge < -0.3 is 9.47 Å². The molecule has 0 aliphatic heterocycles. The number of benzene rings is 1. The van der Waals surface area contributed by atoms with E-state index in [1.54, 1.807) is 25.3 Å². The van der Waals surface area contributed by atoms with Crippen molar-refractivity contribution in [1.82, 2.24) is 0 Å². The zero-order chi connectivity index (χ0) is 8.81. The van der Waals surface area contributed by atoms with Crippen molar-refractivity contribution in [3.63, 3.8) is 0 Å². The zero-order valence-electron chi connectivity index (χ0n) is 6.92. The molecule has 0 radical (unpaired) electrons. The van der Waals surface area contributed by atoms with Crippen LogP contribution in [-0.2, 0) is 4.74 Å². The lowest BCUT2D eigenvalue weighted by Gasteiger charge is -2.05. The maximum atomic E-state index is 12.9. The Morgan fingerprint density at radius 3 is 2.67 bits per heavy atom. The van der Waals surface area contributed by atoms with Gasteiger partial charge in [0.25, 0.3) is 0 Å². The van der Waals surface area contributed by atoms with Gasteiger partial charge in [0, 0.05) is 7.11 Å². The van der Waals surface area contributed by atoms with E-state index >= 15 is 0 Å². The van der Waals surface area contributed by atoms with Crippen LogP contribution in [0.25, 0.3) is 0 Å². The van der Waals surface area contributed by atoms with Gasteiger partial charge in [-0.15, -0.1) is 0 Å². The van der Waals surface area contributed by atoms with E-state index in [4.69, 9.17) is 9.47 Å². The van der Waals surface area contributed by atoms with Crippen LogP contribution < -0.4 is 4.74 Å². The summed E-state index contributed by atoms with van der Waals surface area (Å²) < 4.78 is 22.7. The second kappa shape index (κ2) is 4.72. The number of para-hydroxylation sites is 1. The predicted molar refractivity (Wildman–Crippen MR) is 43.8 cm³/mol. The quantitative estimate of drug-likeness (QED) is 0.642. The summed E-state index contributed by atoms with van der Waals surface area (Å²) in [5.41, 5.74) is 0. The van der Waals surface area contributed by atoms with Gasteiger partial charge in [-0.05, 0) is 12.1 Å². The molecule has 1 aromatic rings. The molecule has 1 rings (SSSR count). The number of methoxy groups -OCH3 is 1. The molecule has 0 heterocycles. The van der Waals surface area contributed by atoms with Crippen molar-refractivity contribution in [3.05, 3.63) is 30.1 Å². The van der Waals surface area contributed by atoms with Crippen LogP contribution in [-0.4, -0.2) is 20.3 Å². The van der Waals surface area contributed by atoms with Crippen LogP contribution in [0.15, 0.2) is 24.3 Å². The Morgan fingerprint density at radius 2 is 2.00 bits per heavy atom. The van der Waals surface area contributed by atoms with Crippen LogP contribution in [0.1, 0.15) is 0 Å². The van der Waals surface area contributed by atoms with E-state index < -0.39 is 0 Å². The van der Waals surface area contributed by atoms with Crippen molar-refractivity contribution >= 4 is 0 Å². The first kappa shape index (κ1) is 9.00. The van der Waals surface area contributed by atoms with Gasteiger partial charge in [-0.1, -0.05) is 12.1 Å². The Morgan fingerprint density at radius 1 is 1.25 bits per heavy atom. The fourth-order valence-corrected chi connectivity index (χ4v) is 0.797. The van der Waals surface area contributed by atoms with Gasteiger partial charge in [0.15, 0.2) is 11.6 Å². The Balaban J connectivity index is 2.46. The summed E-state index contributed by atoms with van der Waals surface area (Å²) in [4.78, 5) is 0. The van der Waals surface area contributed by atoms with Crippen LogP contribution >= 0.6 is 0 Å². The van der Waals surface area contributed by atoms with E-state index in [-0.39, 0.29) is 11.6 Å². The highest BCUT2D eigenvalue weighted by Crippen LogP contribution is 2.14. The molecule has 0 spiro atoms. The Kier molecular flexibility index (Phi) is 3.54. The highest BCUT2D eigenvalue weighted by Gasteiger charge is 1.99. The lowest BCUT2D eigenvalue weighted by atomic mass is 10.3. The fraction of sp³-hybridized carbons (Fsp3) is 0.333. The summed E-state index contributed by atoms with van der Waals surface area (Å²) in [5, 5.41) is 0. The zero-order valence-corrected chi connectivity index (χ0v) is 6.92. The molecule has 0 saturated carbocycles. The maximum Gasteiger partial charge on any atom is 0.165 e. The minimum Gasteiger partial charge on any atom is -0.488 e. The second-order valence-corrected chi connectivity index (χ2v) is 2.27. The molecule has 0 N–H and O–H groups in total. The largest absolute Gasteiger partial charge is 0.488 e. The molecule has 0 aromatic heterocycles. The highest BCUT2D eigenvalue weighted by molar-refractivity contribution is 5.23. The summed E-state index contributed by atoms with van der Waals surface area (Å²) in [6.45, 7) is 0.839. The van der Waals surface area contributed by atoms with Crippen LogP contribution in [0.5, 0.6) is 5.75 Å². The fourth-order valence-electron chi connectivity index (χ4n) is 0.797. The number of halogens is 1. The lowest BCUT2D eigenvalue weighted by molar-refractivity contribution is 0.144. The molecule has 0 saturated heterocycles. The third kappa shape index (κ3) is 2.51. The molecule has 0 aliphatic carbocycles. The van der Waals surface area contributed by atoms with E-state index in [1.807, 2.05) is 0 Å². The van der Waals surface area contributed by atoms with Gasteiger partial charge in [-0.25, -0.2) is 4.39 Å². The van der Waals surface area contributed by atoms with Crippen molar-refractivity contribution < 1.29 is 13.9 Å². The number of rotatable bonds is 4. The molecular weight excluding hydrogens is 159 g/mol. The Hall–Kier alpha value is -1.09. The average molecular weight is 170 g/mol. The smallest absolute Gasteiger partial charge is 0.165 e. The summed E-state index contributed by atoms with van der Waals surface area (Å²) in [6.07, 6.45) is 0. The molecule has 0 atom stereocenters. The Bertz CT molecular complexity index is 238. The van der Waals surface area contributed by atoms with Gasteiger partial charge in [0.05, 0.1) is 6.61 Å². The maximum absolute atomic E-state index is 12.9. The third-order valence-electron chi connectivity index (χ3n) is 1.38. The van der Waals surface area contributed by atoms with Gasteiger partial charge in [0.2, 0.25) is 0 Å². The average Bonchev–Trinajstić information content (AvgIpc) is 2.09. The van der Waals surface area contributed by atoms with Crippen molar-refractivity contribution in [2.24, 2.45) is 0 Å². The van der Waals surface area contributed by atoms with E-state index in [0.29, 0.717) is 13.2 Å². The molecule has 0 fully saturated rings. The first-order chi connectivity index (χ1) is 5.84. The molecule has 66 valence electrons. The van der Waals surface area contributed by atoms with Crippen molar-refractivity contribution in [1.29, 1.82) is 0 Å². The van der Waals surface area contributed by atoms with E-state index in [2.05, 4.69) is 0 Å². The van der Waals surface area contributed by atoms with E-state index in [9.17, 15) is 4.39 Å². The first-order valence-corrected chi connectivity index (χ1v) is 3.71. The van der Waals surface area contributed by atoms with Crippen LogP contribution in [0.3, 0.4) is 0 Å². The topological polar surface area (TPSA) is 18.5 Å². The minimum atomic E-state index is -0.339. The Labute approximate surface area is 70.9 Å². The van der Waals surface area contributed by atoms with Crippen LogP contribution in [0.2, 0.25) is 0 Å². The van der Waals surface area contributed by atoms with Crippen molar-refractivity contribution in [3.8, 4) is 5.75 Å². The SMILES string of the molecule is COCCOc1ccccc1F. The molecule has 3 heteroatoms. The van der Waals surface area contributed by atoms with Gasteiger partial charge >= 0.3 is 0 Å². The summed E-state index contributed by atoms with van der Waals surface area (Å²) in [7, 11) is 1.57. The van der Waals surface area contributed by atoms with Crippen molar-refractivity contribution in [2.75, 3.05) is 20.3 Å². The number of hydrogen-bond donors (Lipinski definition) is 0.